The molecule has 11 aromatic carbocycles. The van der Waals surface area contributed by atoms with Crippen molar-refractivity contribution in [3.8, 4) is 176 Å². The molecule has 0 aliphatic carbocycles. The molecule has 623 valence electrons. The van der Waals surface area contributed by atoms with Crippen LogP contribution in [0.15, 0.2) is 405 Å². The van der Waals surface area contributed by atoms with Gasteiger partial charge >= 0.3 is 36.2 Å². The van der Waals surface area contributed by atoms with E-state index in [4.69, 9.17) is 53.3 Å². The Hall–Kier alpha value is -17.1. The third kappa shape index (κ3) is 20.3. The fourth-order valence-electron chi connectivity index (χ4n) is 14.7. The first-order valence-corrected chi connectivity index (χ1v) is 41.4. The largest absolute Gasteiger partial charge is 0.571 e. The van der Waals surface area contributed by atoms with Gasteiger partial charge in [0.05, 0.1) is 62.4 Å². The van der Waals surface area contributed by atoms with E-state index in [0.717, 1.165) is 134 Å². The summed E-state index contributed by atoms with van der Waals surface area (Å²) in [4.78, 5) is 63.6. The van der Waals surface area contributed by atoms with Gasteiger partial charge in [0, 0.05) is 97.6 Å². The SMILES string of the molecule is OB(O)c1cc(-c2nc(-c3ccccc3)c3ccccc3n2)nc(-c2ccc(-c3ccccc3)cc2)n1.O[B]Oc1cc(-c2ccc3oc4ccccc4c3c2)nc(-c2ccccc2)n1.O[B]Oc1cc(-c2ccccc2-c2ccccc2)nc(-c2ccc(-c3ccccc3)cc2)n1.O[B]Oc1nc(-c2ccc(-c3ccccn3)nc2)cc(-c2ccc(-c3ccccn3)cn2)n1. The molecule has 21 rings (SSSR count). The fraction of sp³-hybridized carbons (Fsp3) is 0. The van der Waals surface area contributed by atoms with Crippen molar-refractivity contribution >= 4 is 68.6 Å². The van der Waals surface area contributed by atoms with Crippen LogP contribution in [0.3, 0.4) is 0 Å². The number of aromatic nitrogens is 14. The van der Waals surface area contributed by atoms with E-state index in [1.807, 2.05) is 309 Å². The number of para-hydroxylation sites is 2. The van der Waals surface area contributed by atoms with Crippen molar-refractivity contribution < 1.29 is 43.5 Å². The molecule has 0 amide bonds. The normalized spacial score (nSPS) is 10.8. The maximum Gasteiger partial charge on any atom is 0.571 e. The van der Waals surface area contributed by atoms with Crippen molar-refractivity contribution in [2.24, 2.45) is 0 Å². The van der Waals surface area contributed by atoms with Crippen LogP contribution in [0.2, 0.25) is 0 Å². The molecule has 0 bridgehead atoms. The van der Waals surface area contributed by atoms with E-state index in [1.165, 1.54) is 6.07 Å². The van der Waals surface area contributed by atoms with E-state index < -0.39 is 7.12 Å². The lowest BCUT2D eigenvalue weighted by Crippen LogP contribution is -2.33. The highest BCUT2D eigenvalue weighted by molar-refractivity contribution is 6.57. The molecule has 131 heavy (non-hydrogen) atoms. The highest BCUT2D eigenvalue weighted by atomic mass is 16.5. The first kappa shape index (κ1) is 84.8. The second kappa shape index (κ2) is 40.5. The van der Waals surface area contributed by atoms with Gasteiger partial charge in [-0.1, -0.05) is 273 Å². The highest BCUT2D eigenvalue weighted by Crippen LogP contribution is 2.38. The summed E-state index contributed by atoms with van der Waals surface area (Å²) in [5.74, 6) is 2.32. The topological polar surface area (TPSA) is 322 Å². The molecule has 21 aromatic rings. The molecule has 0 saturated heterocycles. The Labute approximate surface area is 754 Å². The van der Waals surface area contributed by atoms with Gasteiger partial charge in [-0.05, 0) is 124 Å². The fourth-order valence-corrected chi connectivity index (χ4v) is 14.7. The highest BCUT2D eigenvalue weighted by Gasteiger charge is 2.23. The van der Waals surface area contributed by atoms with Crippen molar-refractivity contribution in [1.82, 2.24) is 69.8 Å². The lowest BCUT2D eigenvalue weighted by Gasteiger charge is -2.12. The summed E-state index contributed by atoms with van der Waals surface area (Å²) in [6.45, 7) is 0. The van der Waals surface area contributed by atoms with Crippen molar-refractivity contribution in [2.75, 3.05) is 0 Å². The van der Waals surface area contributed by atoms with Crippen LogP contribution >= 0.6 is 0 Å². The molecule has 3 radical (unpaired) electrons. The average Bonchev–Trinajstić information content (AvgIpc) is 1.49. The van der Waals surface area contributed by atoms with Gasteiger partial charge in [0.25, 0.3) is 0 Å². The number of pyridine rings is 4. The minimum atomic E-state index is -1.77. The molecular formula is C104H71B4N14O9. The Morgan fingerprint density at radius 3 is 1.25 bits per heavy atom. The van der Waals surface area contributed by atoms with Crippen molar-refractivity contribution in [3.63, 3.8) is 0 Å². The Kier molecular flexibility index (Phi) is 26.2. The standard InChI is InChI=1S/C30H21BN4O2.C28H20BN2O2.C24H16BN6O2.C22H14BN2O3/c36-31(37)27-19-26(33-29(34-27)23-17-15-21(16-18-23)20-9-3-1-4-10-20)30-32-25-14-8-7-13-24(25)28(35-30)22-11-5-2-6-12-22;32-29-33-27-19-26(25-14-8-7-13-24(25)22-11-5-2-6-12-22)30-28(31-27)23-17-15-21(16-18-23)20-9-3-1-4-10-20;32-25-33-24-30-22(17-8-9-20(28-15-17)19-6-2-4-12-27-19)13-23(31-24)21-10-7-16(14-29-21)18-5-1-3-11-26-18;26-23-28-21-13-18(24-22(25-21)14-6-2-1-3-7-14)15-10-11-20-17(12-15)16-8-4-5-9-19(16)27-20/h1-19,36-37H;1-19,32H;1-15,32H;1-13,26H. The third-order valence-corrected chi connectivity index (χ3v) is 21.0. The van der Waals surface area contributed by atoms with Gasteiger partial charge in [0.15, 0.2) is 23.3 Å². The van der Waals surface area contributed by atoms with Crippen LogP contribution in [0.25, 0.3) is 191 Å². The van der Waals surface area contributed by atoms with E-state index >= 15 is 0 Å². The van der Waals surface area contributed by atoms with Gasteiger partial charge in [0.2, 0.25) is 11.8 Å². The molecule has 0 aliphatic rings. The molecule has 0 fully saturated rings. The zero-order valence-electron chi connectivity index (χ0n) is 69.5. The molecule has 5 N–H and O–H groups in total. The summed E-state index contributed by atoms with van der Waals surface area (Å²) in [6.07, 6.45) is 6.91. The molecule has 10 aromatic heterocycles. The van der Waals surface area contributed by atoms with Gasteiger partial charge in [-0.2, -0.15) is 19.9 Å². The van der Waals surface area contributed by atoms with E-state index in [2.05, 4.69) is 87.3 Å². The number of nitrogens with zero attached hydrogens (tertiary/aromatic N) is 14. The summed E-state index contributed by atoms with van der Waals surface area (Å²) in [6, 6.07) is 121. The summed E-state index contributed by atoms with van der Waals surface area (Å²) in [7, 11) is 0.0341. The molecule has 27 heteroatoms. The van der Waals surface area contributed by atoms with Crippen LogP contribution in [-0.2, 0) is 0 Å². The Balaban J connectivity index is 0.000000118. The van der Waals surface area contributed by atoms with Crippen molar-refractivity contribution in [3.05, 3.63) is 401 Å². The number of rotatable bonds is 21. The second-order valence-electron chi connectivity index (χ2n) is 29.3. The maximum atomic E-state index is 9.99. The van der Waals surface area contributed by atoms with Crippen molar-refractivity contribution in [2.45, 2.75) is 0 Å². The van der Waals surface area contributed by atoms with E-state index in [1.54, 1.807) is 43.0 Å². The van der Waals surface area contributed by atoms with E-state index in [-0.39, 0.29) is 23.4 Å². The monoisotopic (exact) mass is 1700 g/mol. The minimum Gasteiger partial charge on any atom is -0.523 e. The van der Waals surface area contributed by atoms with Gasteiger partial charge in [0.1, 0.15) is 16.9 Å². The molecule has 0 aliphatic heterocycles. The molecule has 23 nitrogen and oxygen atoms in total. The third-order valence-electron chi connectivity index (χ3n) is 21.0. The maximum absolute atomic E-state index is 9.99. The molecule has 0 atom stereocenters. The molecule has 0 spiro atoms. The van der Waals surface area contributed by atoms with Gasteiger partial charge in [-0.3, -0.25) is 19.9 Å². The van der Waals surface area contributed by atoms with Crippen LogP contribution in [0, 0.1) is 0 Å². The van der Waals surface area contributed by atoms with E-state index in [0.29, 0.717) is 80.5 Å². The molecular weight excluding hydrogens is 1630 g/mol. The van der Waals surface area contributed by atoms with Crippen LogP contribution in [0.1, 0.15) is 0 Å². The Morgan fingerprint density at radius 1 is 0.244 bits per heavy atom. The summed E-state index contributed by atoms with van der Waals surface area (Å²) in [5.41, 5.74) is 22.7. The van der Waals surface area contributed by atoms with Gasteiger partial charge in [-0.25, -0.2) is 29.9 Å². The lowest BCUT2D eigenvalue weighted by atomic mass is 9.85. The number of furan rings is 1. The minimum absolute atomic E-state index is 0.00518. The lowest BCUT2D eigenvalue weighted by molar-refractivity contribution is 0.424. The second-order valence-corrected chi connectivity index (χ2v) is 29.3. The van der Waals surface area contributed by atoms with Crippen LogP contribution in [-0.4, -0.2) is 125 Å². The quantitative estimate of drug-likeness (QED) is 0.0417. The number of fused-ring (bicyclic) bond motifs is 4. The molecule has 10 heterocycles. The van der Waals surface area contributed by atoms with Crippen LogP contribution in [0.5, 0.6) is 17.8 Å². The summed E-state index contributed by atoms with van der Waals surface area (Å²) < 4.78 is 21.3. The summed E-state index contributed by atoms with van der Waals surface area (Å²) >= 11 is 0. The smallest absolute Gasteiger partial charge is 0.523 e. The average molecular weight is 1700 g/mol. The molecule has 0 saturated carbocycles. The van der Waals surface area contributed by atoms with Crippen LogP contribution in [0.4, 0.5) is 0 Å². The number of hydrogen-bond donors (Lipinski definition) is 5. The summed E-state index contributed by atoms with van der Waals surface area (Å²) in [5, 5.41) is 50.4. The number of hydrogen-bond acceptors (Lipinski definition) is 23. The predicted octanol–water partition coefficient (Wildman–Crippen LogP) is 19.1. The number of benzene rings is 11. The zero-order chi connectivity index (χ0) is 89.0. The Morgan fingerprint density at radius 2 is 0.672 bits per heavy atom. The first-order chi connectivity index (χ1) is 64.6. The van der Waals surface area contributed by atoms with Gasteiger partial charge < -0.3 is 43.5 Å². The Bertz CT molecular complexity index is 7370. The van der Waals surface area contributed by atoms with Gasteiger partial charge in [-0.15, -0.1) is 0 Å². The predicted molar refractivity (Wildman–Crippen MR) is 511 cm³/mol. The molecule has 0 unspecified atom stereocenters. The van der Waals surface area contributed by atoms with E-state index in [9.17, 15) is 15.1 Å². The zero-order valence-corrected chi connectivity index (χ0v) is 69.5. The first-order valence-electron chi connectivity index (χ1n) is 41.4. The van der Waals surface area contributed by atoms with Crippen LogP contribution < -0.4 is 19.6 Å². The van der Waals surface area contributed by atoms with Crippen molar-refractivity contribution in [1.29, 1.82) is 0 Å².